The molecule has 2 amide bonds. The minimum Gasteiger partial charge on any atom is -0.453 e. The molecule has 1 saturated heterocycles. The summed E-state index contributed by atoms with van der Waals surface area (Å²) in [6.45, 7) is 0.560. The molecular weight excluding hydrogens is 436 g/mol. The first-order valence-corrected chi connectivity index (χ1v) is 10.2. The molecule has 0 spiro atoms. The Labute approximate surface area is 176 Å². The number of halogens is 1. The summed E-state index contributed by atoms with van der Waals surface area (Å²) in [4.78, 5) is 33.4. The standard InChI is InChI=1S/C21H21BrN4O3/c1-29-21(28)24-12-19(27)26-8-2-3-18(26)20-23-11-17(25-20)15-5-4-14-10-16(22)7-6-13(14)9-15/h4-7,9-11,18H,2-3,8,12H2,1H3,(H,23,25)(H,24,28)/t18-/m0/s1. The molecule has 1 aliphatic rings. The Morgan fingerprint density at radius 1 is 1.28 bits per heavy atom. The first-order chi connectivity index (χ1) is 14.0. The first-order valence-electron chi connectivity index (χ1n) is 9.41. The molecule has 4 rings (SSSR count). The van der Waals surface area contributed by atoms with Crippen LogP contribution in [0.3, 0.4) is 0 Å². The van der Waals surface area contributed by atoms with Crippen molar-refractivity contribution in [2.24, 2.45) is 0 Å². The number of hydrogen-bond acceptors (Lipinski definition) is 4. The molecule has 1 atom stereocenters. The number of carbonyl (C=O) groups is 2. The van der Waals surface area contributed by atoms with Gasteiger partial charge < -0.3 is 19.9 Å². The number of nitrogens with one attached hydrogen (secondary N) is 2. The normalized spacial score (nSPS) is 16.2. The highest BCUT2D eigenvalue weighted by Crippen LogP contribution is 2.32. The molecule has 150 valence electrons. The van der Waals surface area contributed by atoms with E-state index >= 15 is 0 Å². The van der Waals surface area contributed by atoms with E-state index in [1.54, 1.807) is 4.90 Å². The van der Waals surface area contributed by atoms with Gasteiger partial charge in [-0.05, 0) is 41.8 Å². The molecular formula is C21H21BrN4O3. The van der Waals surface area contributed by atoms with Crippen LogP contribution in [0, 0.1) is 0 Å². The van der Waals surface area contributed by atoms with Gasteiger partial charge in [0.25, 0.3) is 0 Å². The largest absolute Gasteiger partial charge is 0.453 e. The Balaban J connectivity index is 1.53. The zero-order valence-electron chi connectivity index (χ0n) is 15.9. The van der Waals surface area contributed by atoms with E-state index in [1.165, 1.54) is 7.11 Å². The van der Waals surface area contributed by atoms with Crippen LogP contribution in [0.2, 0.25) is 0 Å². The van der Waals surface area contributed by atoms with Crippen molar-refractivity contribution in [3.8, 4) is 11.3 Å². The van der Waals surface area contributed by atoms with Gasteiger partial charge in [0.15, 0.2) is 0 Å². The third-order valence-electron chi connectivity index (χ3n) is 5.17. The van der Waals surface area contributed by atoms with Crippen LogP contribution >= 0.6 is 15.9 Å². The second-order valence-corrected chi connectivity index (χ2v) is 7.89. The number of rotatable bonds is 4. The van der Waals surface area contributed by atoms with Crippen molar-refractivity contribution >= 4 is 38.7 Å². The van der Waals surface area contributed by atoms with E-state index in [4.69, 9.17) is 0 Å². The first kappa shape index (κ1) is 19.4. The van der Waals surface area contributed by atoms with Gasteiger partial charge in [0.1, 0.15) is 12.4 Å². The van der Waals surface area contributed by atoms with E-state index < -0.39 is 6.09 Å². The monoisotopic (exact) mass is 456 g/mol. The SMILES string of the molecule is COC(=O)NCC(=O)N1CCC[C@H]1c1ncc(-c2ccc3cc(Br)ccc3c2)[nH]1. The maximum atomic E-state index is 12.5. The van der Waals surface area contributed by atoms with Gasteiger partial charge >= 0.3 is 6.09 Å². The zero-order chi connectivity index (χ0) is 20.4. The van der Waals surface area contributed by atoms with E-state index in [-0.39, 0.29) is 18.5 Å². The predicted molar refractivity (Wildman–Crippen MR) is 113 cm³/mol. The van der Waals surface area contributed by atoms with Crippen LogP contribution < -0.4 is 5.32 Å². The molecule has 29 heavy (non-hydrogen) atoms. The van der Waals surface area contributed by atoms with Gasteiger partial charge in [-0.15, -0.1) is 0 Å². The molecule has 1 fully saturated rings. The Morgan fingerprint density at radius 3 is 2.90 bits per heavy atom. The van der Waals surface area contributed by atoms with Gasteiger partial charge in [-0.1, -0.05) is 34.1 Å². The van der Waals surface area contributed by atoms with E-state index in [0.717, 1.165) is 45.2 Å². The highest BCUT2D eigenvalue weighted by atomic mass is 79.9. The zero-order valence-corrected chi connectivity index (χ0v) is 17.5. The number of H-pyrrole nitrogens is 1. The number of nitrogens with zero attached hydrogens (tertiary/aromatic N) is 2. The van der Waals surface area contributed by atoms with Crippen molar-refractivity contribution in [1.29, 1.82) is 0 Å². The second kappa shape index (κ2) is 8.24. The van der Waals surface area contributed by atoms with E-state index in [9.17, 15) is 9.59 Å². The third-order valence-corrected chi connectivity index (χ3v) is 5.66. The van der Waals surface area contributed by atoms with Gasteiger partial charge in [0, 0.05) is 16.6 Å². The van der Waals surface area contributed by atoms with E-state index in [1.807, 2.05) is 12.3 Å². The molecule has 1 aromatic heterocycles. The van der Waals surface area contributed by atoms with Crippen molar-refractivity contribution < 1.29 is 14.3 Å². The number of methoxy groups -OCH3 is 1. The number of imidazole rings is 1. The molecule has 7 nitrogen and oxygen atoms in total. The summed E-state index contributed by atoms with van der Waals surface area (Å²) in [5.41, 5.74) is 1.96. The summed E-state index contributed by atoms with van der Waals surface area (Å²) in [6.07, 6.45) is 2.93. The highest BCUT2D eigenvalue weighted by molar-refractivity contribution is 9.10. The van der Waals surface area contributed by atoms with Gasteiger partial charge in [-0.2, -0.15) is 0 Å². The van der Waals surface area contributed by atoms with Crippen molar-refractivity contribution in [3.05, 3.63) is 52.9 Å². The van der Waals surface area contributed by atoms with Crippen LogP contribution in [0.5, 0.6) is 0 Å². The van der Waals surface area contributed by atoms with E-state index in [2.05, 4.69) is 66.3 Å². The smallest absolute Gasteiger partial charge is 0.407 e. The lowest BCUT2D eigenvalue weighted by atomic mass is 10.1. The maximum Gasteiger partial charge on any atom is 0.407 e. The van der Waals surface area contributed by atoms with Gasteiger partial charge in [-0.3, -0.25) is 4.79 Å². The number of amides is 2. The van der Waals surface area contributed by atoms with Crippen molar-refractivity contribution in [2.75, 3.05) is 20.2 Å². The molecule has 0 bridgehead atoms. The minimum absolute atomic E-state index is 0.0863. The quantitative estimate of drug-likeness (QED) is 0.620. The lowest BCUT2D eigenvalue weighted by molar-refractivity contribution is -0.131. The minimum atomic E-state index is -0.613. The molecule has 1 aliphatic heterocycles. The fourth-order valence-electron chi connectivity index (χ4n) is 3.71. The Kier molecular flexibility index (Phi) is 5.53. The number of alkyl carbamates (subject to hydrolysis) is 1. The lowest BCUT2D eigenvalue weighted by Gasteiger charge is -2.23. The summed E-state index contributed by atoms with van der Waals surface area (Å²) in [5, 5.41) is 4.75. The van der Waals surface area contributed by atoms with Crippen LogP contribution in [-0.4, -0.2) is 47.1 Å². The summed E-state index contributed by atoms with van der Waals surface area (Å²) in [5.74, 6) is 0.618. The average molecular weight is 457 g/mol. The van der Waals surface area contributed by atoms with Crippen LogP contribution in [0.4, 0.5) is 4.79 Å². The number of hydrogen-bond donors (Lipinski definition) is 2. The highest BCUT2D eigenvalue weighted by Gasteiger charge is 2.32. The molecule has 3 aromatic rings. The van der Waals surface area contributed by atoms with Crippen LogP contribution in [0.1, 0.15) is 24.7 Å². The lowest BCUT2D eigenvalue weighted by Crippen LogP contribution is -2.40. The Morgan fingerprint density at radius 2 is 2.07 bits per heavy atom. The number of aromatic amines is 1. The predicted octanol–water partition coefficient (Wildman–Crippen LogP) is 4.01. The molecule has 0 unspecified atom stereocenters. The molecule has 2 N–H and O–H groups in total. The average Bonchev–Trinajstić information content (AvgIpc) is 3.40. The van der Waals surface area contributed by atoms with Gasteiger partial charge in [0.05, 0.1) is 25.0 Å². The van der Waals surface area contributed by atoms with Gasteiger partial charge in [0.2, 0.25) is 5.91 Å². The molecule has 2 aromatic carbocycles. The van der Waals surface area contributed by atoms with Crippen molar-refractivity contribution in [1.82, 2.24) is 20.2 Å². The Bertz CT molecular complexity index is 1070. The topological polar surface area (TPSA) is 87.3 Å². The number of benzene rings is 2. The van der Waals surface area contributed by atoms with Crippen molar-refractivity contribution in [2.45, 2.75) is 18.9 Å². The number of ether oxygens (including phenoxy) is 1. The fraction of sp³-hybridized carbons (Fsp3) is 0.286. The summed E-state index contributed by atoms with van der Waals surface area (Å²) < 4.78 is 5.57. The maximum absolute atomic E-state index is 12.5. The van der Waals surface area contributed by atoms with Crippen LogP contribution in [0.25, 0.3) is 22.0 Å². The Hall–Kier alpha value is -2.87. The molecule has 2 heterocycles. The van der Waals surface area contributed by atoms with Crippen LogP contribution in [-0.2, 0) is 9.53 Å². The molecule has 8 heteroatoms. The fourth-order valence-corrected chi connectivity index (χ4v) is 4.09. The molecule has 0 aliphatic carbocycles. The van der Waals surface area contributed by atoms with E-state index in [0.29, 0.717) is 6.54 Å². The number of aromatic nitrogens is 2. The summed E-state index contributed by atoms with van der Waals surface area (Å²) >= 11 is 3.50. The number of likely N-dealkylation sites (tertiary alicyclic amines) is 1. The number of carbonyl (C=O) groups excluding carboxylic acids is 2. The molecule has 0 radical (unpaired) electrons. The number of fused-ring (bicyclic) bond motifs is 1. The molecule has 0 saturated carbocycles. The second-order valence-electron chi connectivity index (χ2n) is 6.98. The third kappa shape index (κ3) is 4.12. The van der Waals surface area contributed by atoms with Crippen LogP contribution in [0.15, 0.2) is 47.1 Å². The van der Waals surface area contributed by atoms with Crippen molar-refractivity contribution in [3.63, 3.8) is 0 Å². The summed E-state index contributed by atoms with van der Waals surface area (Å²) in [7, 11) is 1.27. The van der Waals surface area contributed by atoms with Gasteiger partial charge in [-0.25, -0.2) is 9.78 Å². The summed E-state index contributed by atoms with van der Waals surface area (Å²) in [6, 6.07) is 12.3.